The van der Waals surface area contributed by atoms with Crippen LogP contribution in [0.2, 0.25) is 0 Å². The van der Waals surface area contributed by atoms with E-state index in [1.807, 2.05) is 0 Å². The normalized spacial score (nSPS) is 31.9. The quantitative estimate of drug-likeness (QED) is 0.336. The Labute approximate surface area is 108 Å². The average molecular weight is 248 g/mol. The van der Waals surface area contributed by atoms with Gasteiger partial charge in [0.25, 0.3) is 0 Å². The average Bonchev–Trinajstić information content (AvgIpc) is 3.15. The van der Waals surface area contributed by atoms with Gasteiger partial charge in [0.15, 0.2) is 0 Å². The van der Waals surface area contributed by atoms with Gasteiger partial charge in [-0.25, -0.2) is 0 Å². The van der Waals surface area contributed by atoms with Crippen molar-refractivity contribution < 1.29 is 0 Å². The summed E-state index contributed by atoms with van der Waals surface area (Å²) in [6.45, 7) is 4.26. The van der Waals surface area contributed by atoms with E-state index >= 15 is 0 Å². The van der Waals surface area contributed by atoms with Gasteiger partial charge in [-0.15, -0.1) is 0 Å². The Morgan fingerprint density at radius 2 is 2.39 bits per heavy atom. The predicted molar refractivity (Wildman–Crippen MR) is 68.8 cm³/mol. The van der Waals surface area contributed by atoms with Gasteiger partial charge in [-0.2, -0.15) is 5.26 Å². The molecule has 0 radical (unpaired) electrons. The first-order valence-corrected chi connectivity index (χ1v) is 6.64. The van der Waals surface area contributed by atoms with Gasteiger partial charge >= 0.3 is 0 Å². The Morgan fingerprint density at radius 1 is 1.61 bits per heavy atom. The summed E-state index contributed by atoms with van der Waals surface area (Å²) in [5.74, 6) is 0. The molecular weight excluding hydrogens is 228 g/mol. The van der Waals surface area contributed by atoms with Gasteiger partial charge in [0.2, 0.25) is 0 Å². The van der Waals surface area contributed by atoms with Crippen LogP contribution in [0.25, 0.3) is 10.4 Å². The third kappa shape index (κ3) is 2.94. The van der Waals surface area contributed by atoms with Crippen LogP contribution in [-0.4, -0.2) is 42.2 Å². The summed E-state index contributed by atoms with van der Waals surface area (Å²) in [5, 5.41) is 16.3. The van der Waals surface area contributed by atoms with Crippen molar-refractivity contribution in [3.8, 4) is 6.07 Å². The van der Waals surface area contributed by atoms with Crippen LogP contribution in [-0.2, 0) is 0 Å². The summed E-state index contributed by atoms with van der Waals surface area (Å²) >= 11 is 0. The zero-order chi connectivity index (χ0) is 13.0. The minimum Gasteiger partial charge on any atom is -0.298 e. The molecule has 0 aromatic carbocycles. The fourth-order valence-corrected chi connectivity index (χ4v) is 2.82. The van der Waals surface area contributed by atoms with Crippen LogP contribution in [0.5, 0.6) is 0 Å². The molecule has 0 amide bonds. The molecule has 2 aliphatic rings. The van der Waals surface area contributed by atoms with E-state index in [1.165, 1.54) is 12.8 Å². The zero-order valence-corrected chi connectivity index (χ0v) is 10.8. The number of nitrogens with zero attached hydrogens (tertiary/aromatic N) is 5. The van der Waals surface area contributed by atoms with E-state index < -0.39 is 5.54 Å². The maximum atomic E-state index is 9.44. The maximum absolute atomic E-state index is 9.44. The molecule has 1 saturated carbocycles. The largest absolute Gasteiger partial charge is 0.298 e. The first-order chi connectivity index (χ1) is 8.71. The number of azide groups is 1. The molecule has 1 N–H and O–H groups in total. The SMILES string of the molecule is CC1CC(C#N)(NCCCN=[N+]=[N-])CN1C1CC1. The van der Waals surface area contributed by atoms with Gasteiger partial charge in [-0.1, -0.05) is 5.11 Å². The van der Waals surface area contributed by atoms with Crippen molar-refractivity contribution in [2.75, 3.05) is 19.6 Å². The first-order valence-electron chi connectivity index (χ1n) is 6.64. The highest BCUT2D eigenvalue weighted by Crippen LogP contribution is 2.36. The van der Waals surface area contributed by atoms with Crippen molar-refractivity contribution in [3.63, 3.8) is 0 Å². The molecule has 2 fully saturated rings. The highest BCUT2D eigenvalue weighted by molar-refractivity contribution is 5.16. The smallest absolute Gasteiger partial charge is 0.121 e. The Morgan fingerprint density at radius 3 is 3.00 bits per heavy atom. The molecule has 0 spiro atoms. The van der Waals surface area contributed by atoms with E-state index in [0.717, 1.165) is 25.9 Å². The molecule has 0 aromatic heterocycles. The molecule has 0 aromatic rings. The summed E-state index contributed by atoms with van der Waals surface area (Å²) < 4.78 is 0. The Hall–Kier alpha value is -1.28. The topological polar surface area (TPSA) is 87.8 Å². The van der Waals surface area contributed by atoms with Gasteiger partial charge in [-0.05, 0) is 44.7 Å². The number of nitriles is 1. The second-order valence-corrected chi connectivity index (χ2v) is 5.39. The van der Waals surface area contributed by atoms with E-state index in [2.05, 4.69) is 33.2 Å². The summed E-state index contributed by atoms with van der Waals surface area (Å²) in [6.07, 6.45) is 4.23. The van der Waals surface area contributed by atoms with Gasteiger partial charge in [0.05, 0.1) is 6.07 Å². The molecule has 2 unspecified atom stereocenters. The molecule has 1 aliphatic carbocycles. The molecule has 6 nitrogen and oxygen atoms in total. The summed E-state index contributed by atoms with van der Waals surface area (Å²) in [7, 11) is 0. The minimum absolute atomic E-state index is 0.404. The number of rotatable bonds is 6. The lowest BCUT2D eigenvalue weighted by atomic mass is 9.98. The lowest BCUT2D eigenvalue weighted by Gasteiger charge is -2.23. The minimum atomic E-state index is -0.404. The van der Waals surface area contributed by atoms with Crippen LogP contribution in [0.15, 0.2) is 5.11 Å². The lowest BCUT2D eigenvalue weighted by Crippen LogP contribution is -2.47. The molecule has 2 rings (SSSR count). The molecule has 1 aliphatic heterocycles. The van der Waals surface area contributed by atoms with Crippen LogP contribution in [0.3, 0.4) is 0 Å². The highest BCUT2D eigenvalue weighted by atomic mass is 15.3. The van der Waals surface area contributed by atoms with Gasteiger partial charge < -0.3 is 0 Å². The summed E-state index contributed by atoms with van der Waals surface area (Å²) in [4.78, 5) is 5.18. The Balaban J connectivity index is 1.83. The van der Waals surface area contributed by atoms with Crippen LogP contribution >= 0.6 is 0 Å². The van der Waals surface area contributed by atoms with Crippen molar-refractivity contribution >= 4 is 0 Å². The number of hydrogen-bond donors (Lipinski definition) is 1. The van der Waals surface area contributed by atoms with Crippen molar-refractivity contribution in [1.29, 1.82) is 5.26 Å². The maximum Gasteiger partial charge on any atom is 0.121 e. The summed E-state index contributed by atoms with van der Waals surface area (Å²) in [6, 6.07) is 3.65. The fourth-order valence-electron chi connectivity index (χ4n) is 2.82. The highest BCUT2D eigenvalue weighted by Gasteiger charge is 2.46. The Bertz CT molecular complexity index is 379. The second kappa shape index (κ2) is 5.57. The van der Waals surface area contributed by atoms with Crippen molar-refractivity contribution in [3.05, 3.63) is 10.4 Å². The van der Waals surface area contributed by atoms with E-state index in [-0.39, 0.29) is 0 Å². The first kappa shape index (κ1) is 13.2. The standard InChI is InChI=1S/C12H20N6/c1-10-7-12(8-13,9-18(10)11-3-4-11)15-5-2-6-16-17-14/h10-11,15H,2-7,9H2,1H3. The summed E-state index contributed by atoms with van der Waals surface area (Å²) in [5.41, 5.74) is 7.79. The fraction of sp³-hybridized carbons (Fsp3) is 0.917. The van der Waals surface area contributed by atoms with Crippen molar-refractivity contribution in [2.45, 2.75) is 50.2 Å². The van der Waals surface area contributed by atoms with E-state index in [0.29, 0.717) is 18.6 Å². The van der Waals surface area contributed by atoms with Crippen molar-refractivity contribution in [1.82, 2.24) is 10.2 Å². The molecule has 6 heteroatoms. The van der Waals surface area contributed by atoms with Crippen LogP contribution < -0.4 is 5.32 Å². The van der Waals surface area contributed by atoms with Gasteiger partial charge in [0.1, 0.15) is 5.54 Å². The van der Waals surface area contributed by atoms with Crippen LogP contribution in [0.1, 0.15) is 32.6 Å². The van der Waals surface area contributed by atoms with Crippen LogP contribution in [0, 0.1) is 11.3 Å². The molecule has 18 heavy (non-hydrogen) atoms. The Kier molecular flexibility index (Phi) is 4.07. The molecule has 98 valence electrons. The van der Waals surface area contributed by atoms with E-state index in [1.54, 1.807) is 0 Å². The van der Waals surface area contributed by atoms with Crippen molar-refractivity contribution in [2.24, 2.45) is 5.11 Å². The molecular formula is C12H20N6. The lowest BCUT2D eigenvalue weighted by molar-refractivity contribution is 0.250. The molecule has 2 atom stereocenters. The van der Waals surface area contributed by atoms with Crippen LogP contribution in [0.4, 0.5) is 0 Å². The third-order valence-corrected chi connectivity index (χ3v) is 3.85. The predicted octanol–water partition coefficient (Wildman–Crippen LogP) is 1.80. The van der Waals surface area contributed by atoms with E-state index in [9.17, 15) is 5.26 Å². The van der Waals surface area contributed by atoms with Gasteiger partial charge in [-0.3, -0.25) is 10.2 Å². The number of nitrogens with one attached hydrogen (secondary N) is 1. The zero-order valence-electron chi connectivity index (χ0n) is 10.8. The van der Waals surface area contributed by atoms with E-state index in [4.69, 9.17) is 5.53 Å². The van der Waals surface area contributed by atoms with Gasteiger partial charge in [0, 0.05) is 30.1 Å². The number of likely N-dealkylation sites (tertiary alicyclic amines) is 1. The number of hydrogen-bond acceptors (Lipinski definition) is 4. The second-order valence-electron chi connectivity index (χ2n) is 5.39. The monoisotopic (exact) mass is 248 g/mol. The molecule has 1 saturated heterocycles. The third-order valence-electron chi connectivity index (χ3n) is 3.85. The molecule has 0 bridgehead atoms. The molecule has 1 heterocycles.